The number of hydrogen-bond donors (Lipinski definition) is 0. The van der Waals surface area contributed by atoms with E-state index in [4.69, 9.17) is 23.2 Å². The van der Waals surface area contributed by atoms with Crippen LogP contribution in [-0.4, -0.2) is 58.2 Å². The average molecular weight is 510 g/mol. The number of carbonyl (C=O) groups is 1. The number of piperazine rings is 1. The van der Waals surface area contributed by atoms with Gasteiger partial charge in [0.1, 0.15) is 6.54 Å². The van der Waals surface area contributed by atoms with Crippen LogP contribution in [0.1, 0.15) is 5.56 Å². The van der Waals surface area contributed by atoms with Gasteiger partial charge in [-0.05, 0) is 36.4 Å². The van der Waals surface area contributed by atoms with Crippen molar-refractivity contribution in [3.05, 3.63) is 58.1 Å². The molecule has 0 atom stereocenters. The van der Waals surface area contributed by atoms with Gasteiger partial charge < -0.3 is 9.80 Å². The first-order chi connectivity index (χ1) is 14.9. The van der Waals surface area contributed by atoms with Crippen LogP contribution in [0.2, 0.25) is 10.0 Å². The maximum absolute atomic E-state index is 13.2. The lowest BCUT2D eigenvalue weighted by Gasteiger charge is -2.37. The Balaban J connectivity index is 1.74. The van der Waals surface area contributed by atoms with Gasteiger partial charge in [0.05, 0.1) is 22.5 Å². The topological polar surface area (TPSA) is 60.9 Å². The number of amides is 1. The van der Waals surface area contributed by atoms with E-state index < -0.39 is 39.2 Å². The zero-order valence-corrected chi connectivity index (χ0v) is 19.3. The highest BCUT2D eigenvalue weighted by Crippen LogP contribution is 2.37. The Labute approximate surface area is 194 Å². The van der Waals surface area contributed by atoms with Crippen molar-refractivity contribution in [1.82, 2.24) is 4.90 Å². The molecule has 1 heterocycles. The third-order valence-corrected chi connectivity index (χ3v) is 6.73. The van der Waals surface area contributed by atoms with E-state index in [2.05, 4.69) is 0 Å². The van der Waals surface area contributed by atoms with Crippen LogP contribution in [0.25, 0.3) is 0 Å². The fraction of sp³-hybridized carbons (Fsp3) is 0.350. The highest BCUT2D eigenvalue weighted by Gasteiger charge is 2.35. The van der Waals surface area contributed by atoms with E-state index in [1.807, 2.05) is 23.1 Å². The van der Waals surface area contributed by atoms with Crippen LogP contribution in [0.4, 0.5) is 24.5 Å². The predicted molar refractivity (Wildman–Crippen MR) is 119 cm³/mol. The number of halogens is 5. The number of rotatable bonds is 5. The fourth-order valence-corrected chi connectivity index (χ4v) is 4.65. The molecular formula is C20H20Cl2F3N3O3S. The standard InChI is InChI=1S/C20H20Cl2F3N3O3S/c1-32(30,31)28(16-5-6-18(22)17(12-16)20(23,24)25)13-19(29)27-9-7-26(8-10-27)15-4-2-3-14(21)11-15/h2-6,11-12H,7-10,13H2,1H3. The van der Waals surface area contributed by atoms with Crippen LogP contribution in [-0.2, 0) is 21.0 Å². The third-order valence-electron chi connectivity index (χ3n) is 5.03. The first-order valence-corrected chi connectivity index (χ1v) is 12.1. The smallest absolute Gasteiger partial charge is 0.368 e. The van der Waals surface area contributed by atoms with Gasteiger partial charge in [-0.25, -0.2) is 8.42 Å². The van der Waals surface area contributed by atoms with Crippen LogP contribution < -0.4 is 9.21 Å². The van der Waals surface area contributed by atoms with Gasteiger partial charge in [0, 0.05) is 36.9 Å². The second-order valence-corrected chi connectivity index (χ2v) is 10.0. The van der Waals surface area contributed by atoms with Gasteiger partial charge in [0.15, 0.2) is 0 Å². The summed E-state index contributed by atoms with van der Waals surface area (Å²) >= 11 is 11.6. The van der Waals surface area contributed by atoms with Crippen LogP contribution in [0.15, 0.2) is 42.5 Å². The molecule has 12 heteroatoms. The van der Waals surface area contributed by atoms with Crippen LogP contribution in [0, 0.1) is 0 Å². The highest BCUT2D eigenvalue weighted by atomic mass is 35.5. The number of alkyl halides is 3. The molecule has 0 bridgehead atoms. The van der Waals surface area contributed by atoms with Crippen molar-refractivity contribution in [3.8, 4) is 0 Å². The van der Waals surface area contributed by atoms with E-state index in [0.29, 0.717) is 41.6 Å². The second-order valence-electron chi connectivity index (χ2n) is 7.28. The lowest BCUT2D eigenvalue weighted by atomic mass is 10.2. The molecule has 2 aromatic carbocycles. The summed E-state index contributed by atoms with van der Waals surface area (Å²) in [5.41, 5.74) is -0.550. The lowest BCUT2D eigenvalue weighted by Crippen LogP contribution is -2.52. The molecule has 1 fully saturated rings. The molecule has 0 aliphatic carbocycles. The van der Waals surface area contributed by atoms with E-state index in [9.17, 15) is 26.4 Å². The zero-order valence-electron chi connectivity index (χ0n) is 16.9. The van der Waals surface area contributed by atoms with Crippen molar-refractivity contribution in [1.29, 1.82) is 0 Å². The number of carbonyl (C=O) groups excluding carboxylic acids is 1. The van der Waals surface area contributed by atoms with Crippen molar-refractivity contribution in [2.24, 2.45) is 0 Å². The highest BCUT2D eigenvalue weighted by molar-refractivity contribution is 7.92. The van der Waals surface area contributed by atoms with Crippen molar-refractivity contribution in [2.45, 2.75) is 6.18 Å². The first-order valence-electron chi connectivity index (χ1n) is 9.49. The van der Waals surface area contributed by atoms with Crippen LogP contribution in [0.3, 0.4) is 0 Å². The van der Waals surface area contributed by atoms with Crippen LogP contribution >= 0.6 is 23.2 Å². The van der Waals surface area contributed by atoms with Gasteiger partial charge in [-0.1, -0.05) is 29.3 Å². The van der Waals surface area contributed by atoms with Crippen molar-refractivity contribution in [3.63, 3.8) is 0 Å². The Morgan fingerprint density at radius 3 is 2.28 bits per heavy atom. The first kappa shape index (κ1) is 24.5. The van der Waals surface area contributed by atoms with Crippen LogP contribution in [0.5, 0.6) is 0 Å². The quantitative estimate of drug-likeness (QED) is 0.607. The molecule has 1 aliphatic rings. The molecular weight excluding hydrogens is 490 g/mol. The SMILES string of the molecule is CS(=O)(=O)N(CC(=O)N1CCN(c2cccc(Cl)c2)CC1)c1ccc(Cl)c(C(F)(F)F)c1. The number of anilines is 2. The Kier molecular flexibility index (Phi) is 7.16. The van der Waals surface area contributed by atoms with Crippen molar-refractivity contribution < 1.29 is 26.4 Å². The normalized spacial score (nSPS) is 15.1. The van der Waals surface area contributed by atoms with E-state index in [1.54, 1.807) is 6.07 Å². The molecule has 1 aliphatic heterocycles. The van der Waals surface area contributed by atoms with Crippen molar-refractivity contribution >= 4 is 50.5 Å². The molecule has 32 heavy (non-hydrogen) atoms. The molecule has 1 saturated heterocycles. The molecule has 0 N–H and O–H groups in total. The summed E-state index contributed by atoms with van der Waals surface area (Å²) < 4.78 is 64.8. The van der Waals surface area contributed by atoms with Crippen molar-refractivity contribution in [2.75, 3.05) is 48.2 Å². The largest absolute Gasteiger partial charge is 0.417 e. The number of hydrogen-bond acceptors (Lipinski definition) is 4. The summed E-state index contributed by atoms with van der Waals surface area (Å²) in [5, 5.41) is 0.0316. The summed E-state index contributed by atoms with van der Waals surface area (Å²) in [6.45, 7) is 1.05. The number of benzene rings is 2. The fourth-order valence-electron chi connectivity index (χ4n) is 3.40. The zero-order chi connectivity index (χ0) is 23.7. The van der Waals surface area contributed by atoms with Gasteiger partial charge in [-0.15, -0.1) is 0 Å². The second kappa shape index (κ2) is 9.36. The van der Waals surface area contributed by atoms with E-state index in [0.717, 1.165) is 24.1 Å². The minimum atomic E-state index is -4.77. The lowest BCUT2D eigenvalue weighted by molar-refractivity contribution is -0.137. The minimum absolute atomic E-state index is 0.282. The molecule has 6 nitrogen and oxygen atoms in total. The van der Waals surface area contributed by atoms with Gasteiger partial charge in [0.25, 0.3) is 0 Å². The summed E-state index contributed by atoms with van der Waals surface area (Å²) in [6, 6.07) is 10.0. The Morgan fingerprint density at radius 2 is 1.72 bits per heavy atom. The maximum atomic E-state index is 13.2. The summed E-state index contributed by atoms with van der Waals surface area (Å²) in [5.74, 6) is -0.510. The van der Waals surface area contributed by atoms with E-state index in [1.165, 1.54) is 4.90 Å². The summed E-state index contributed by atoms with van der Waals surface area (Å²) in [6.07, 6.45) is -3.93. The average Bonchev–Trinajstić information content (AvgIpc) is 2.71. The van der Waals surface area contributed by atoms with Gasteiger partial charge >= 0.3 is 6.18 Å². The van der Waals surface area contributed by atoms with Gasteiger partial charge in [-0.2, -0.15) is 13.2 Å². The Bertz CT molecular complexity index is 1100. The molecule has 0 aromatic heterocycles. The molecule has 174 valence electrons. The van der Waals surface area contributed by atoms with Gasteiger partial charge in [-0.3, -0.25) is 9.10 Å². The summed E-state index contributed by atoms with van der Waals surface area (Å²) in [4.78, 5) is 16.3. The molecule has 0 unspecified atom stereocenters. The van der Waals surface area contributed by atoms with Gasteiger partial charge in [0.2, 0.25) is 15.9 Å². The molecule has 2 aromatic rings. The molecule has 0 spiro atoms. The molecule has 0 radical (unpaired) electrons. The number of nitrogens with zero attached hydrogens (tertiary/aromatic N) is 3. The Morgan fingerprint density at radius 1 is 1.06 bits per heavy atom. The third kappa shape index (κ3) is 5.79. The molecule has 1 amide bonds. The summed E-state index contributed by atoms with van der Waals surface area (Å²) in [7, 11) is -4.03. The Hall–Kier alpha value is -2.17. The predicted octanol–water partition coefficient (Wildman–Crippen LogP) is 4.13. The minimum Gasteiger partial charge on any atom is -0.368 e. The van der Waals surface area contributed by atoms with E-state index in [-0.39, 0.29) is 5.69 Å². The monoisotopic (exact) mass is 509 g/mol. The maximum Gasteiger partial charge on any atom is 0.417 e. The molecule has 3 rings (SSSR count). The molecule has 0 saturated carbocycles. The van der Waals surface area contributed by atoms with E-state index >= 15 is 0 Å². The number of sulfonamides is 1.